The van der Waals surface area contributed by atoms with E-state index in [1.54, 1.807) is 12.3 Å². The van der Waals surface area contributed by atoms with Crippen molar-refractivity contribution < 1.29 is 0 Å². The Morgan fingerprint density at radius 2 is 1.94 bits per heavy atom. The number of halogens is 3. The smallest absolute Gasteiger partial charge is 0.130 e. The molecule has 0 saturated heterocycles. The summed E-state index contributed by atoms with van der Waals surface area (Å²) in [7, 11) is 0. The lowest BCUT2D eigenvalue weighted by atomic mass is 10.3. The van der Waals surface area contributed by atoms with Crippen LogP contribution in [0.5, 0.6) is 0 Å². The van der Waals surface area contributed by atoms with Gasteiger partial charge in [-0.05, 0) is 40.2 Å². The Bertz CT molecular complexity index is 500. The van der Waals surface area contributed by atoms with E-state index in [1.165, 1.54) is 0 Å². The molecule has 0 aliphatic carbocycles. The number of rotatable bonds is 2. The van der Waals surface area contributed by atoms with Crippen LogP contribution in [0.3, 0.4) is 0 Å². The number of nitrogens with one attached hydrogen (secondary N) is 1. The highest BCUT2D eigenvalue weighted by molar-refractivity contribution is 9.10. The molecule has 1 aromatic carbocycles. The largest absolute Gasteiger partial charge is 0.339 e. The van der Waals surface area contributed by atoms with Crippen LogP contribution in [-0.4, -0.2) is 4.98 Å². The highest BCUT2D eigenvalue weighted by atomic mass is 79.9. The highest BCUT2D eigenvalue weighted by Crippen LogP contribution is 2.31. The normalized spacial score (nSPS) is 10.2. The maximum absolute atomic E-state index is 6.04. The van der Waals surface area contributed by atoms with Gasteiger partial charge < -0.3 is 5.32 Å². The average molecular weight is 318 g/mol. The molecule has 1 N–H and O–H groups in total. The van der Waals surface area contributed by atoms with Crippen LogP contribution < -0.4 is 5.32 Å². The van der Waals surface area contributed by atoms with E-state index in [0.29, 0.717) is 15.9 Å². The Kier molecular flexibility index (Phi) is 3.69. The van der Waals surface area contributed by atoms with Gasteiger partial charge in [-0.2, -0.15) is 0 Å². The Hall–Kier alpha value is -0.770. The van der Waals surface area contributed by atoms with Gasteiger partial charge in [-0.15, -0.1) is 0 Å². The van der Waals surface area contributed by atoms with Crippen LogP contribution in [0.4, 0.5) is 11.5 Å². The van der Waals surface area contributed by atoms with E-state index < -0.39 is 0 Å². The van der Waals surface area contributed by atoms with E-state index in [2.05, 4.69) is 26.2 Å². The first-order valence-corrected chi connectivity index (χ1v) is 6.04. The minimum absolute atomic E-state index is 0.494. The zero-order chi connectivity index (χ0) is 11.5. The van der Waals surface area contributed by atoms with Crippen molar-refractivity contribution >= 4 is 50.6 Å². The minimum Gasteiger partial charge on any atom is -0.339 e. The Balaban J connectivity index is 2.27. The standard InChI is InChI=1S/C11H7BrCl2N2/c12-7-4-5-10(15-6-7)16-9-3-1-2-8(13)11(9)14/h1-6H,(H,15,16). The van der Waals surface area contributed by atoms with Crippen LogP contribution in [0, 0.1) is 0 Å². The Labute approximate surface area is 112 Å². The van der Waals surface area contributed by atoms with Gasteiger partial charge in [0.1, 0.15) is 5.82 Å². The molecule has 1 heterocycles. The van der Waals surface area contributed by atoms with Gasteiger partial charge in [-0.1, -0.05) is 29.3 Å². The molecule has 0 radical (unpaired) electrons. The quantitative estimate of drug-likeness (QED) is 0.852. The van der Waals surface area contributed by atoms with Crippen molar-refractivity contribution in [1.82, 2.24) is 4.98 Å². The van der Waals surface area contributed by atoms with Gasteiger partial charge in [0.25, 0.3) is 0 Å². The van der Waals surface area contributed by atoms with Gasteiger partial charge in [0, 0.05) is 10.7 Å². The van der Waals surface area contributed by atoms with Gasteiger partial charge in [0.2, 0.25) is 0 Å². The summed E-state index contributed by atoms with van der Waals surface area (Å²) in [6.07, 6.45) is 1.71. The van der Waals surface area contributed by atoms with E-state index in [1.807, 2.05) is 24.3 Å². The van der Waals surface area contributed by atoms with Gasteiger partial charge in [-0.3, -0.25) is 0 Å². The molecule has 2 nitrogen and oxygen atoms in total. The fourth-order valence-electron chi connectivity index (χ4n) is 1.19. The molecule has 1 aromatic heterocycles. The Morgan fingerprint density at radius 1 is 1.12 bits per heavy atom. The molecule has 0 saturated carbocycles. The summed E-state index contributed by atoms with van der Waals surface area (Å²) in [4.78, 5) is 4.18. The first kappa shape index (κ1) is 11.7. The third-order valence-electron chi connectivity index (χ3n) is 1.94. The molecular weight excluding hydrogens is 311 g/mol. The van der Waals surface area contributed by atoms with Crippen molar-refractivity contribution in [2.24, 2.45) is 0 Å². The number of nitrogens with zero attached hydrogens (tertiary/aromatic N) is 1. The fourth-order valence-corrected chi connectivity index (χ4v) is 1.77. The molecule has 0 fully saturated rings. The number of anilines is 2. The molecule has 2 rings (SSSR count). The molecule has 0 aliphatic heterocycles. The molecule has 2 aromatic rings. The molecule has 5 heteroatoms. The van der Waals surface area contributed by atoms with Crippen molar-refractivity contribution in [2.75, 3.05) is 5.32 Å². The second kappa shape index (κ2) is 5.04. The zero-order valence-corrected chi connectivity index (χ0v) is 11.1. The summed E-state index contributed by atoms with van der Waals surface area (Å²) in [6, 6.07) is 9.16. The molecule has 0 spiro atoms. The van der Waals surface area contributed by atoms with Crippen LogP contribution in [0.2, 0.25) is 10.0 Å². The third-order valence-corrected chi connectivity index (χ3v) is 3.23. The van der Waals surface area contributed by atoms with Gasteiger partial charge in [0.05, 0.1) is 15.7 Å². The average Bonchev–Trinajstić information content (AvgIpc) is 2.28. The van der Waals surface area contributed by atoms with E-state index in [9.17, 15) is 0 Å². The van der Waals surface area contributed by atoms with Crippen molar-refractivity contribution in [3.8, 4) is 0 Å². The summed E-state index contributed by atoms with van der Waals surface area (Å²) in [5.74, 6) is 0.715. The lowest BCUT2D eigenvalue weighted by molar-refractivity contribution is 1.29. The highest BCUT2D eigenvalue weighted by Gasteiger charge is 2.04. The lowest BCUT2D eigenvalue weighted by Crippen LogP contribution is -1.93. The topological polar surface area (TPSA) is 24.9 Å². The van der Waals surface area contributed by atoms with E-state index in [4.69, 9.17) is 23.2 Å². The van der Waals surface area contributed by atoms with Crippen LogP contribution in [0.25, 0.3) is 0 Å². The van der Waals surface area contributed by atoms with Crippen molar-refractivity contribution in [2.45, 2.75) is 0 Å². The number of pyridine rings is 1. The molecule has 0 unspecified atom stereocenters. The van der Waals surface area contributed by atoms with Crippen molar-refractivity contribution in [3.63, 3.8) is 0 Å². The predicted octanol–water partition coefficient (Wildman–Crippen LogP) is 4.89. The van der Waals surface area contributed by atoms with Gasteiger partial charge in [0.15, 0.2) is 0 Å². The molecule has 0 aliphatic rings. The molecule has 0 atom stereocenters. The molecule has 82 valence electrons. The third kappa shape index (κ3) is 2.67. The first-order chi connectivity index (χ1) is 7.66. The molecular formula is C11H7BrCl2N2. The number of benzene rings is 1. The minimum atomic E-state index is 0.494. The Morgan fingerprint density at radius 3 is 2.62 bits per heavy atom. The number of hydrogen-bond acceptors (Lipinski definition) is 2. The summed E-state index contributed by atoms with van der Waals surface area (Å²) < 4.78 is 0.926. The van der Waals surface area contributed by atoms with E-state index in [0.717, 1.165) is 10.2 Å². The molecule has 16 heavy (non-hydrogen) atoms. The summed E-state index contributed by atoms with van der Waals surface area (Å²) in [5.41, 5.74) is 0.740. The van der Waals surface area contributed by atoms with Gasteiger partial charge >= 0.3 is 0 Å². The number of hydrogen-bond donors (Lipinski definition) is 1. The van der Waals surface area contributed by atoms with Crippen molar-refractivity contribution in [1.29, 1.82) is 0 Å². The van der Waals surface area contributed by atoms with Crippen LogP contribution >= 0.6 is 39.1 Å². The van der Waals surface area contributed by atoms with E-state index in [-0.39, 0.29) is 0 Å². The van der Waals surface area contributed by atoms with Crippen LogP contribution in [-0.2, 0) is 0 Å². The lowest BCUT2D eigenvalue weighted by Gasteiger charge is -2.08. The van der Waals surface area contributed by atoms with Gasteiger partial charge in [-0.25, -0.2) is 4.98 Å². The zero-order valence-electron chi connectivity index (χ0n) is 8.05. The van der Waals surface area contributed by atoms with Crippen LogP contribution in [0.1, 0.15) is 0 Å². The predicted molar refractivity (Wildman–Crippen MR) is 71.7 cm³/mol. The van der Waals surface area contributed by atoms with Crippen molar-refractivity contribution in [3.05, 3.63) is 51.0 Å². The summed E-state index contributed by atoms with van der Waals surface area (Å²) in [5, 5.41) is 4.10. The maximum Gasteiger partial charge on any atom is 0.130 e. The summed E-state index contributed by atoms with van der Waals surface area (Å²) >= 11 is 15.3. The van der Waals surface area contributed by atoms with Crippen LogP contribution in [0.15, 0.2) is 41.0 Å². The monoisotopic (exact) mass is 316 g/mol. The SMILES string of the molecule is Clc1cccc(Nc2ccc(Br)cn2)c1Cl. The number of aromatic nitrogens is 1. The molecule has 0 amide bonds. The van der Waals surface area contributed by atoms with E-state index >= 15 is 0 Å². The second-order valence-electron chi connectivity index (χ2n) is 3.09. The molecule has 0 bridgehead atoms. The second-order valence-corrected chi connectivity index (χ2v) is 4.79. The fraction of sp³-hybridized carbons (Fsp3) is 0. The summed E-state index contributed by atoms with van der Waals surface area (Å²) in [6.45, 7) is 0. The first-order valence-electron chi connectivity index (χ1n) is 4.49. The maximum atomic E-state index is 6.04.